The summed E-state index contributed by atoms with van der Waals surface area (Å²) in [4.78, 5) is 0. The van der Waals surface area contributed by atoms with E-state index >= 15 is 0 Å². The molecule has 0 nitrogen and oxygen atoms in total. The molecule has 3 heteroatoms. The van der Waals surface area contributed by atoms with Crippen molar-refractivity contribution in [1.29, 1.82) is 0 Å². The van der Waals surface area contributed by atoms with Gasteiger partial charge in [-0.2, -0.15) is 0 Å². The maximum Gasteiger partial charge on any atom is 0.0778 e. The number of aryl methyl sites for hydroxylation is 1. The standard InChI is InChI=1S/C7H5Cl3/c1-4-2-5(8)7(10)6(9)3-4/h2-3H,1H3. The first-order chi connectivity index (χ1) is 4.61. The second-order valence-electron chi connectivity index (χ2n) is 2.04. The van der Waals surface area contributed by atoms with E-state index in [0.717, 1.165) is 5.56 Å². The van der Waals surface area contributed by atoms with Crippen molar-refractivity contribution in [3.05, 3.63) is 32.8 Å². The minimum atomic E-state index is 0.425. The lowest BCUT2D eigenvalue weighted by Crippen LogP contribution is -1.74. The molecular formula is C7H5Cl3. The van der Waals surface area contributed by atoms with Crippen LogP contribution < -0.4 is 0 Å². The molecule has 0 aliphatic heterocycles. The molecule has 54 valence electrons. The van der Waals surface area contributed by atoms with Gasteiger partial charge in [0.25, 0.3) is 0 Å². The van der Waals surface area contributed by atoms with Gasteiger partial charge in [0.2, 0.25) is 0 Å². The van der Waals surface area contributed by atoms with Gasteiger partial charge in [-0.05, 0) is 24.6 Å². The van der Waals surface area contributed by atoms with Crippen molar-refractivity contribution in [1.82, 2.24) is 0 Å². The molecule has 0 amide bonds. The molecule has 0 aromatic heterocycles. The van der Waals surface area contributed by atoms with Gasteiger partial charge >= 0.3 is 0 Å². The highest BCUT2D eigenvalue weighted by molar-refractivity contribution is 6.48. The lowest BCUT2D eigenvalue weighted by Gasteiger charge is -1.99. The van der Waals surface area contributed by atoms with Crippen LogP contribution in [-0.4, -0.2) is 0 Å². The summed E-state index contributed by atoms with van der Waals surface area (Å²) in [6, 6.07) is 3.55. The zero-order valence-electron chi connectivity index (χ0n) is 5.29. The third-order valence-corrected chi connectivity index (χ3v) is 2.33. The fraction of sp³-hybridized carbons (Fsp3) is 0.143. The number of halogens is 3. The molecule has 0 fully saturated rings. The smallest absolute Gasteiger partial charge is 0.0778 e. The lowest BCUT2D eigenvalue weighted by atomic mass is 10.2. The number of hydrogen-bond acceptors (Lipinski definition) is 0. The van der Waals surface area contributed by atoms with Crippen LogP contribution in [-0.2, 0) is 0 Å². The maximum atomic E-state index is 5.70. The van der Waals surface area contributed by atoms with Gasteiger partial charge in [-0.1, -0.05) is 34.8 Å². The molecule has 0 aliphatic rings. The molecule has 0 saturated heterocycles. The molecule has 10 heavy (non-hydrogen) atoms. The SMILES string of the molecule is Cc1cc(Cl)c(Cl)c(Cl)c1. The Morgan fingerprint density at radius 3 is 1.80 bits per heavy atom. The van der Waals surface area contributed by atoms with Gasteiger partial charge in [0.15, 0.2) is 0 Å². The van der Waals surface area contributed by atoms with Crippen LogP contribution >= 0.6 is 34.8 Å². The molecule has 0 radical (unpaired) electrons. The average Bonchev–Trinajstić information content (AvgIpc) is 1.82. The Kier molecular flexibility index (Phi) is 2.45. The second kappa shape index (κ2) is 3.00. The average molecular weight is 195 g/mol. The Hall–Kier alpha value is 0.0900. The van der Waals surface area contributed by atoms with E-state index in [0.29, 0.717) is 15.1 Å². The van der Waals surface area contributed by atoms with Gasteiger partial charge in [-0.15, -0.1) is 0 Å². The molecule has 1 aromatic rings. The number of hydrogen-bond donors (Lipinski definition) is 0. The predicted octanol–water partition coefficient (Wildman–Crippen LogP) is 3.96. The monoisotopic (exact) mass is 194 g/mol. The van der Waals surface area contributed by atoms with Crippen LogP contribution in [0.3, 0.4) is 0 Å². The molecule has 0 N–H and O–H groups in total. The quantitative estimate of drug-likeness (QED) is 0.550. The maximum absolute atomic E-state index is 5.70. The van der Waals surface area contributed by atoms with Gasteiger partial charge in [-0.3, -0.25) is 0 Å². The summed E-state index contributed by atoms with van der Waals surface area (Å²) in [5, 5.41) is 1.44. The predicted molar refractivity (Wildman–Crippen MR) is 46.2 cm³/mol. The van der Waals surface area contributed by atoms with Crippen molar-refractivity contribution in [3.63, 3.8) is 0 Å². The largest absolute Gasteiger partial charge is 0.0826 e. The summed E-state index contributed by atoms with van der Waals surface area (Å²) in [7, 11) is 0. The summed E-state index contributed by atoms with van der Waals surface area (Å²) >= 11 is 17.1. The minimum absolute atomic E-state index is 0.425. The number of benzene rings is 1. The van der Waals surface area contributed by atoms with E-state index in [1.54, 1.807) is 12.1 Å². The molecular weight excluding hydrogens is 190 g/mol. The Morgan fingerprint density at radius 2 is 1.40 bits per heavy atom. The number of rotatable bonds is 0. The lowest BCUT2D eigenvalue weighted by molar-refractivity contribution is 1.47. The van der Waals surface area contributed by atoms with Crippen LogP contribution in [0.1, 0.15) is 5.56 Å². The van der Waals surface area contributed by atoms with Crippen LogP contribution in [0.25, 0.3) is 0 Å². The van der Waals surface area contributed by atoms with Crippen LogP contribution in [0.15, 0.2) is 12.1 Å². The van der Waals surface area contributed by atoms with Gasteiger partial charge in [-0.25, -0.2) is 0 Å². The molecule has 0 bridgehead atoms. The summed E-state index contributed by atoms with van der Waals surface area (Å²) in [5.41, 5.74) is 1.01. The highest BCUT2D eigenvalue weighted by atomic mass is 35.5. The Bertz CT molecular complexity index is 232. The van der Waals surface area contributed by atoms with Crippen LogP contribution in [0, 0.1) is 6.92 Å². The van der Waals surface area contributed by atoms with E-state index in [2.05, 4.69) is 0 Å². The first kappa shape index (κ1) is 8.19. The van der Waals surface area contributed by atoms with Gasteiger partial charge < -0.3 is 0 Å². The summed E-state index contributed by atoms with van der Waals surface area (Å²) in [6.07, 6.45) is 0. The zero-order chi connectivity index (χ0) is 7.72. The van der Waals surface area contributed by atoms with Crippen LogP contribution in [0.2, 0.25) is 15.1 Å². The topological polar surface area (TPSA) is 0 Å². The van der Waals surface area contributed by atoms with Crippen molar-refractivity contribution < 1.29 is 0 Å². The van der Waals surface area contributed by atoms with Gasteiger partial charge in [0.1, 0.15) is 0 Å². The Labute approximate surface area is 74.7 Å². The molecule has 0 heterocycles. The molecule has 0 saturated carbocycles. The van der Waals surface area contributed by atoms with E-state index in [1.807, 2.05) is 6.92 Å². The molecule has 1 aromatic carbocycles. The fourth-order valence-corrected chi connectivity index (χ4v) is 1.39. The van der Waals surface area contributed by atoms with E-state index < -0.39 is 0 Å². The van der Waals surface area contributed by atoms with Crippen molar-refractivity contribution in [2.75, 3.05) is 0 Å². The van der Waals surface area contributed by atoms with Gasteiger partial charge in [0.05, 0.1) is 15.1 Å². The van der Waals surface area contributed by atoms with E-state index in [4.69, 9.17) is 34.8 Å². The highest BCUT2D eigenvalue weighted by Crippen LogP contribution is 2.30. The summed E-state index contributed by atoms with van der Waals surface area (Å²) in [5.74, 6) is 0. The third-order valence-electron chi connectivity index (χ3n) is 1.13. The van der Waals surface area contributed by atoms with Crippen molar-refractivity contribution in [2.24, 2.45) is 0 Å². The highest BCUT2D eigenvalue weighted by Gasteiger charge is 2.02. The van der Waals surface area contributed by atoms with E-state index in [1.165, 1.54) is 0 Å². The summed E-state index contributed by atoms with van der Waals surface area (Å²) < 4.78 is 0. The molecule has 0 aliphatic carbocycles. The summed E-state index contributed by atoms with van der Waals surface area (Å²) in [6.45, 7) is 1.91. The van der Waals surface area contributed by atoms with Crippen molar-refractivity contribution in [3.8, 4) is 0 Å². The fourth-order valence-electron chi connectivity index (χ4n) is 0.682. The Balaban J connectivity index is 3.31. The van der Waals surface area contributed by atoms with E-state index in [9.17, 15) is 0 Å². The zero-order valence-corrected chi connectivity index (χ0v) is 7.56. The molecule has 0 spiro atoms. The molecule has 1 rings (SSSR count). The van der Waals surface area contributed by atoms with Crippen LogP contribution in [0.4, 0.5) is 0 Å². The van der Waals surface area contributed by atoms with Crippen molar-refractivity contribution in [2.45, 2.75) is 6.92 Å². The Morgan fingerprint density at radius 1 is 1.00 bits per heavy atom. The van der Waals surface area contributed by atoms with Crippen LogP contribution in [0.5, 0.6) is 0 Å². The second-order valence-corrected chi connectivity index (χ2v) is 3.23. The van der Waals surface area contributed by atoms with E-state index in [-0.39, 0.29) is 0 Å². The molecule has 0 atom stereocenters. The third kappa shape index (κ3) is 1.57. The normalized spacial score (nSPS) is 10.0. The van der Waals surface area contributed by atoms with Crippen molar-refractivity contribution >= 4 is 34.8 Å². The minimum Gasteiger partial charge on any atom is -0.0826 e. The first-order valence-corrected chi connectivity index (χ1v) is 3.86. The first-order valence-electron chi connectivity index (χ1n) is 2.72. The van der Waals surface area contributed by atoms with Gasteiger partial charge in [0, 0.05) is 0 Å². The molecule has 0 unspecified atom stereocenters.